The summed E-state index contributed by atoms with van der Waals surface area (Å²) in [6, 6.07) is 7.57. The molecule has 0 N–H and O–H groups in total. The molecule has 1 heterocycles. The zero-order chi connectivity index (χ0) is 14.7. The van der Waals surface area contributed by atoms with Crippen LogP contribution in [0, 0.1) is 0 Å². The maximum absolute atomic E-state index is 11.4. The number of halogens is 1. The summed E-state index contributed by atoms with van der Waals surface area (Å²) < 4.78 is 1.74. The third kappa shape index (κ3) is 3.03. The quantitative estimate of drug-likeness (QED) is 0.604. The van der Waals surface area contributed by atoms with Crippen LogP contribution in [0.5, 0.6) is 0 Å². The van der Waals surface area contributed by atoms with Crippen molar-refractivity contribution < 1.29 is 4.79 Å². The summed E-state index contributed by atoms with van der Waals surface area (Å²) in [7, 11) is 0. The maximum atomic E-state index is 11.4. The highest BCUT2D eigenvalue weighted by Gasteiger charge is 2.21. The van der Waals surface area contributed by atoms with Crippen molar-refractivity contribution in [1.29, 1.82) is 0 Å². The van der Waals surface area contributed by atoms with Crippen molar-refractivity contribution in [2.24, 2.45) is 0 Å². The van der Waals surface area contributed by atoms with Crippen molar-refractivity contribution >= 4 is 17.9 Å². The van der Waals surface area contributed by atoms with E-state index in [1.807, 2.05) is 24.3 Å². The lowest BCUT2D eigenvalue weighted by Crippen LogP contribution is -2.03. The predicted octanol–water partition coefficient (Wildman–Crippen LogP) is 4.78. The van der Waals surface area contributed by atoms with E-state index in [0.717, 1.165) is 30.5 Å². The van der Waals surface area contributed by atoms with Crippen LogP contribution >= 0.6 is 11.6 Å². The van der Waals surface area contributed by atoms with Crippen LogP contribution in [-0.2, 0) is 0 Å². The molecule has 1 aliphatic carbocycles. The predicted molar refractivity (Wildman–Crippen MR) is 84.4 cm³/mol. The molecule has 1 saturated carbocycles. The molecule has 1 aromatic carbocycles. The lowest BCUT2D eigenvalue weighted by atomic mass is 9.94. The third-order valence-corrected chi connectivity index (χ3v) is 4.56. The Hall–Kier alpha value is -1.61. The first-order valence-corrected chi connectivity index (χ1v) is 7.97. The summed E-state index contributed by atoms with van der Waals surface area (Å²) in [6.07, 6.45) is 10.00. The number of carbonyl (C=O) groups excluding carboxylic acids is 1. The molecule has 0 saturated heterocycles. The number of rotatable bonds is 3. The summed E-state index contributed by atoms with van der Waals surface area (Å²) in [5.41, 5.74) is 2.45. The highest BCUT2D eigenvalue weighted by atomic mass is 35.5. The molecule has 1 fully saturated rings. The number of carbonyl (C=O) groups is 1. The zero-order valence-electron chi connectivity index (χ0n) is 12.0. The fourth-order valence-corrected chi connectivity index (χ4v) is 3.34. The number of para-hydroxylation sites is 1. The van der Waals surface area contributed by atoms with Crippen LogP contribution in [0.3, 0.4) is 0 Å². The van der Waals surface area contributed by atoms with Crippen molar-refractivity contribution in [3.8, 4) is 5.69 Å². The fraction of sp³-hybridized carbons (Fsp3) is 0.412. The summed E-state index contributed by atoms with van der Waals surface area (Å²) >= 11 is 6.23. The molecule has 0 amide bonds. The highest BCUT2D eigenvalue weighted by molar-refractivity contribution is 6.32. The summed E-state index contributed by atoms with van der Waals surface area (Å²) in [6.45, 7) is 0. The van der Waals surface area contributed by atoms with E-state index in [1.165, 1.54) is 25.7 Å². The van der Waals surface area contributed by atoms with Gasteiger partial charge in [0.25, 0.3) is 0 Å². The Labute approximate surface area is 129 Å². The molecule has 0 atom stereocenters. The van der Waals surface area contributed by atoms with Crippen LogP contribution in [0.2, 0.25) is 5.02 Å². The van der Waals surface area contributed by atoms with Gasteiger partial charge in [-0.25, -0.2) is 4.68 Å². The van der Waals surface area contributed by atoms with E-state index in [9.17, 15) is 4.79 Å². The molecule has 3 rings (SSSR count). The van der Waals surface area contributed by atoms with Crippen molar-refractivity contribution in [2.75, 3.05) is 0 Å². The van der Waals surface area contributed by atoms with Crippen LogP contribution in [0.15, 0.2) is 30.5 Å². The summed E-state index contributed by atoms with van der Waals surface area (Å²) in [4.78, 5) is 11.4. The number of hydrogen-bond donors (Lipinski definition) is 0. The highest BCUT2D eigenvalue weighted by Crippen LogP contribution is 2.33. The first kappa shape index (κ1) is 14.3. The van der Waals surface area contributed by atoms with E-state index in [4.69, 9.17) is 11.6 Å². The first-order valence-electron chi connectivity index (χ1n) is 7.59. The van der Waals surface area contributed by atoms with E-state index >= 15 is 0 Å². The van der Waals surface area contributed by atoms with Gasteiger partial charge in [0.05, 0.1) is 22.0 Å². The Bertz CT molecular complexity index is 627. The van der Waals surface area contributed by atoms with Gasteiger partial charge in [-0.2, -0.15) is 5.10 Å². The molecule has 0 radical (unpaired) electrons. The second-order valence-electron chi connectivity index (χ2n) is 5.67. The molecule has 0 bridgehead atoms. The minimum atomic E-state index is 0.399. The zero-order valence-corrected chi connectivity index (χ0v) is 12.7. The average Bonchev–Trinajstić information content (AvgIpc) is 2.74. The molecule has 1 aromatic heterocycles. The van der Waals surface area contributed by atoms with E-state index in [0.29, 0.717) is 16.5 Å². The maximum Gasteiger partial charge on any atom is 0.153 e. The number of aromatic nitrogens is 2. The number of hydrogen-bond acceptors (Lipinski definition) is 2. The molecule has 0 aliphatic heterocycles. The summed E-state index contributed by atoms with van der Waals surface area (Å²) in [5.74, 6) is 0.399. The van der Waals surface area contributed by atoms with Gasteiger partial charge in [-0.05, 0) is 25.0 Å². The topological polar surface area (TPSA) is 34.9 Å². The van der Waals surface area contributed by atoms with E-state index in [2.05, 4.69) is 5.10 Å². The monoisotopic (exact) mass is 302 g/mol. The van der Waals surface area contributed by atoms with E-state index in [1.54, 1.807) is 10.9 Å². The van der Waals surface area contributed by atoms with Gasteiger partial charge in [0.1, 0.15) is 0 Å². The van der Waals surface area contributed by atoms with Crippen LogP contribution in [-0.4, -0.2) is 16.1 Å². The van der Waals surface area contributed by atoms with Crippen molar-refractivity contribution in [1.82, 2.24) is 9.78 Å². The molecular weight excluding hydrogens is 284 g/mol. The second kappa shape index (κ2) is 6.44. The Morgan fingerprint density at radius 3 is 2.52 bits per heavy atom. The SMILES string of the molecule is O=Cc1cn(-c2ccccc2Cl)nc1C1CCCCCC1. The van der Waals surface area contributed by atoms with Crippen molar-refractivity contribution in [2.45, 2.75) is 44.4 Å². The van der Waals surface area contributed by atoms with Gasteiger partial charge in [0.15, 0.2) is 6.29 Å². The van der Waals surface area contributed by atoms with Gasteiger partial charge in [0, 0.05) is 12.1 Å². The van der Waals surface area contributed by atoms with Crippen LogP contribution in [0.1, 0.15) is 60.5 Å². The van der Waals surface area contributed by atoms with E-state index in [-0.39, 0.29) is 0 Å². The Balaban J connectivity index is 1.98. The van der Waals surface area contributed by atoms with Gasteiger partial charge in [0.2, 0.25) is 0 Å². The standard InChI is InChI=1S/C17H19ClN2O/c18-15-9-5-6-10-16(15)20-11-14(12-21)17(19-20)13-7-3-1-2-4-8-13/h5-6,9-13H,1-4,7-8H2. The smallest absolute Gasteiger partial charge is 0.153 e. The number of nitrogens with zero attached hydrogens (tertiary/aromatic N) is 2. The average molecular weight is 303 g/mol. The van der Waals surface area contributed by atoms with Crippen molar-refractivity contribution in [3.63, 3.8) is 0 Å². The lowest BCUT2D eigenvalue weighted by Gasteiger charge is -2.11. The molecule has 110 valence electrons. The molecule has 0 spiro atoms. The minimum absolute atomic E-state index is 0.399. The minimum Gasteiger partial charge on any atom is -0.298 e. The Morgan fingerprint density at radius 2 is 1.86 bits per heavy atom. The summed E-state index contributed by atoms with van der Waals surface area (Å²) in [5, 5.41) is 5.32. The van der Waals surface area contributed by atoms with Crippen LogP contribution in [0.25, 0.3) is 5.69 Å². The molecule has 2 aromatic rings. The molecule has 21 heavy (non-hydrogen) atoms. The molecule has 4 heteroatoms. The van der Waals surface area contributed by atoms with Gasteiger partial charge in [-0.1, -0.05) is 49.4 Å². The molecular formula is C17H19ClN2O. The van der Waals surface area contributed by atoms with Gasteiger partial charge < -0.3 is 0 Å². The van der Waals surface area contributed by atoms with Gasteiger partial charge in [-0.3, -0.25) is 4.79 Å². The number of benzene rings is 1. The molecule has 0 unspecified atom stereocenters. The van der Waals surface area contributed by atoms with Gasteiger partial charge in [-0.15, -0.1) is 0 Å². The normalized spacial score (nSPS) is 16.6. The Morgan fingerprint density at radius 1 is 1.14 bits per heavy atom. The fourth-order valence-electron chi connectivity index (χ4n) is 3.12. The number of aldehydes is 1. The van der Waals surface area contributed by atoms with E-state index < -0.39 is 0 Å². The molecule has 1 aliphatic rings. The van der Waals surface area contributed by atoms with Crippen molar-refractivity contribution in [3.05, 3.63) is 46.7 Å². The Kier molecular flexibility index (Phi) is 4.39. The van der Waals surface area contributed by atoms with Gasteiger partial charge >= 0.3 is 0 Å². The molecule has 3 nitrogen and oxygen atoms in total. The van der Waals surface area contributed by atoms with Crippen LogP contribution in [0.4, 0.5) is 0 Å². The lowest BCUT2D eigenvalue weighted by molar-refractivity contribution is 0.112. The first-order chi connectivity index (χ1) is 10.3. The second-order valence-corrected chi connectivity index (χ2v) is 6.08. The largest absolute Gasteiger partial charge is 0.298 e. The van der Waals surface area contributed by atoms with Crippen LogP contribution < -0.4 is 0 Å². The third-order valence-electron chi connectivity index (χ3n) is 4.24.